The average Bonchev–Trinajstić information content (AvgIpc) is 3.04. The fourth-order valence-electron chi connectivity index (χ4n) is 3.42. The molecule has 0 saturated carbocycles. The van der Waals surface area contributed by atoms with Crippen molar-refractivity contribution in [3.63, 3.8) is 0 Å². The van der Waals surface area contributed by atoms with Crippen LogP contribution in [0, 0.1) is 0 Å². The maximum absolute atomic E-state index is 12.6. The van der Waals surface area contributed by atoms with E-state index in [0.29, 0.717) is 17.6 Å². The molecule has 28 heavy (non-hydrogen) atoms. The molecule has 0 radical (unpaired) electrons. The number of ether oxygens (including phenoxy) is 1. The molecule has 0 spiro atoms. The van der Waals surface area contributed by atoms with E-state index in [9.17, 15) is 9.59 Å². The predicted octanol–water partition coefficient (Wildman–Crippen LogP) is 2.09. The van der Waals surface area contributed by atoms with Crippen LogP contribution in [0.5, 0.6) is 0 Å². The van der Waals surface area contributed by atoms with E-state index in [1.807, 2.05) is 18.2 Å². The van der Waals surface area contributed by atoms with Crippen molar-refractivity contribution < 1.29 is 13.9 Å². The van der Waals surface area contributed by atoms with Crippen LogP contribution in [0.25, 0.3) is 11.1 Å². The highest BCUT2D eigenvalue weighted by molar-refractivity contribution is 5.79. The number of amides is 1. The van der Waals surface area contributed by atoms with Gasteiger partial charge in [0.1, 0.15) is 6.54 Å². The van der Waals surface area contributed by atoms with Crippen LogP contribution in [-0.4, -0.2) is 48.7 Å². The van der Waals surface area contributed by atoms with E-state index < -0.39 is 5.76 Å². The third-order valence-electron chi connectivity index (χ3n) is 5.03. The lowest BCUT2D eigenvalue weighted by molar-refractivity contribution is -0.131. The summed E-state index contributed by atoms with van der Waals surface area (Å²) < 4.78 is 11.9. The van der Waals surface area contributed by atoms with Gasteiger partial charge in [0.05, 0.1) is 18.7 Å². The van der Waals surface area contributed by atoms with Gasteiger partial charge < -0.3 is 19.0 Å². The number of aromatic nitrogens is 1. The number of carbonyl (C=O) groups is 1. The second-order valence-corrected chi connectivity index (χ2v) is 6.94. The number of hydrogen-bond donors (Lipinski definition) is 0. The van der Waals surface area contributed by atoms with E-state index in [0.717, 1.165) is 37.6 Å². The maximum Gasteiger partial charge on any atom is 0.420 e. The molecule has 4 rings (SSSR count). The molecule has 7 nitrogen and oxygen atoms in total. The number of hydrogen-bond acceptors (Lipinski definition) is 5. The molecular formula is C21H23N3O4. The zero-order chi connectivity index (χ0) is 19.5. The van der Waals surface area contributed by atoms with E-state index in [-0.39, 0.29) is 12.5 Å². The molecular weight excluding hydrogens is 358 g/mol. The number of fused-ring (bicyclic) bond motifs is 1. The molecule has 3 aromatic rings. The maximum atomic E-state index is 12.6. The lowest BCUT2D eigenvalue weighted by atomic mass is 10.1. The number of rotatable bonds is 5. The summed E-state index contributed by atoms with van der Waals surface area (Å²) in [5, 5.41) is 0. The highest BCUT2D eigenvalue weighted by Gasteiger charge is 2.16. The first-order valence-corrected chi connectivity index (χ1v) is 9.36. The van der Waals surface area contributed by atoms with E-state index >= 15 is 0 Å². The lowest BCUT2D eigenvalue weighted by Gasteiger charge is -2.29. The Morgan fingerprint density at radius 3 is 2.54 bits per heavy atom. The standard InChI is InChI=1S/C21H23N3O4/c1-22(14-16-6-8-17(9-7-16)23-10-12-27-13-11-23)20(25)15-24-18-4-2-3-5-19(18)28-21(24)26/h2-9H,10-15H2,1H3. The minimum Gasteiger partial charge on any atom is -0.408 e. The van der Waals surface area contributed by atoms with Crippen LogP contribution in [-0.2, 0) is 22.6 Å². The van der Waals surface area contributed by atoms with Crippen molar-refractivity contribution in [3.05, 3.63) is 64.6 Å². The van der Waals surface area contributed by atoms with E-state index in [1.165, 1.54) is 4.57 Å². The number of benzene rings is 2. The van der Waals surface area contributed by atoms with Crippen molar-refractivity contribution in [2.45, 2.75) is 13.1 Å². The topological polar surface area (TPSA) is 67.9 Å². The number of morpholine rings is 1. The summed E-state index contributed by atoms with van der Waals surface area (Å²) in [6.45, 7) is 3.73. The Morgan fingerprint density at radius 2 is 1.79 bits per heavy atom. The Morgan fingerprint density at radius 1 is 1.07 bits per heavy atom. The third kappa shape index (κ3) is 3.80. The largest absolute Gasteiger partial charge is 0.420 e. The molecule has 0 aliphatic carbocycles. The minimum atomic E-state index is -0.516. The fourth-order valence-corrected chi connectivity index (χ4v) is 3.42. The van der Waals surface area contributed by atoms with Gasteiger partial charge in [-0.15, -0.1) is 0 Å². The first kappa shape index (κ1) is 18.3. The number of oxazole rings is 1. The summed E-state index contributed by atoms with van der Waals surface area (Å²) in [4.78, 5) is 28.6. The van der Waals surface area contributed by atoms with Crippen molar-refractivity contribution in [2.24, 2.45) is 0 Å². The molecule has 0 N–H and O–H groups in total. The molecule has 2 aromatic carbocycles. The van der Waals surface area contributed by atoms with E-state index in [1.54, 1.807) is 30.1 Å². The van der Waals surface area contributed by atoms with Crippen LogP contribution in [0.3, 0.4) is 0 Å². The normalized spacial score (nSPS) is 14.4. The van der Waals surface area contributed by atoms with Gasteiger partial charge in [-0.2, -0.15) is 0 Å². The number of anilines is 1. The zero-order valence-corrected chi connectivity index (χ0v) is 15.8. The van der Waals surface area contributed by atoms with Crippen LogP contribution >= 0.6 is 0 Å². The van der Waals surface area contributed by atoms with E-state index in [4.69, 9.17) is 9.15 Å². The minimum absolute atomic E-state index is 0.0434. The van der Waals surface area contributed by atoms with Gasteiger partial charge >= 0.3 is 5.76 Å². The summed E-state index contributed by atoms with van der Waals surface area (Å²) >= 11 is 0. The Labute approximate surface area is 162 Å². The highest BCUT2D eigenvalue weighted by atomic mass is 16.5. The summed E-state index contributed by atoms with van der Waals surface area (Å²) in [5.41, 5.74) is 3.32. The van der Waals surface area contributed by atoms with Gasteiger partial charge in [0, 0.05) is 32.4 Å². The average molecular weight is 381 g/mol. The summed E-state index contributed by atoms with van der Waals surface area (Å²) in [6.07, 6.45) is 0. The SMILES string of the molecule is CN(Cc1ccc(N2CCOCC2)cc1)C(=O)Cn1c(=O)oc2ccccc21. The van der Waals surface area contributed by atoms with Crippen LogP contribution in [0.1, 0.15) is 5.56 Å². The molecule has 0 unspecified atom stereocenters. The Hall–Kier alpha value is -3.06. The lowest BCUT2D eigenvalue weighted by Crippen LogP contribution is -2.36. The van der Waals surface area contributed by atoms with Gasteiger partial charge in [-0.25, -0.2) is 4.79 Å². The molecule has 0 atom stereocenters. The van der Waals surface area contributed by atoms with Gasteiger partial charge in [0.15, 0.2) is 5.58 Å². The fraction of sp³-hybridized carbons (Fsp3) is 0.333. The predicted molar refractivity (Wildman–Crippen MR) is 106 cm³/mol. The second-order valence-electron chi connectivity index (χ2n) is 6.94. The Bertz CT molecular complexity index is 1020. The molecule has 1 aliphatic heterocycles. The van der Waals surface area contributed by atoms with Crippen LogP contribution in [0.15, 0.2) is 57.7 Å². The van der Waals surface area contributed by atoms with Crippen molar-refractivity contribution in [3.8, 4) is 0 Å². The van der Waals surface area contributed by atoms with Gasteiger partial charge in [0.25, 0.3) is 0 Å². The highest BCUT2D eigenvalue weighted by Crippen LogP contribution is 2.18. The summed E-state index contributed by atoms with van der Waals surface area (Å²) in [7, 11) is 1.74. The molecule has 1 fully saturated rings. The van der Waals surface area contributed by atoms with Crippen molar-refractivity contribution in [2.75, 3.05) is 38.3 Å². The van der Waals surface area contributed by atoms with Gasteiger partial charge in [-0.1, -0.05) is 24.3 Å². The van der Waals surface area contributed by atoms with Gasteiger partial charge in [-0.3, -0.25) is 9.36 Å². The molecule has 7 heteroatoms. The quantitative estimate of drug-likeness (QED) is 0.677. The molecule has 1 aliphatic rings. The van der Waals surface area contributed by atoms with Gasteiger partial charge in [-0.05, 0) is 29.8 Å². The summed E-state index contributed by atoms with van der Waals surface area (Å²) in [6, 6.07) is 15.3. The molecule has 146 valence electrons. The molecule has 1 saturated heterocycles. The summed E-state index contributed by atoms with van der Waals surface area (Å²) in [5.74, 6) is -0.663. The first-order valence-electron chi connectivity index (χ1n) is 9.36. The molecule has 1 amide bonds. The Balaban J connectivity index is 1.41. The van der Waals surface area contributed by atoms with Crippen LogP contribution in [0.2, 0.25) is 0 Å². The zero-order valence-electron chi connectivity index (χ0n) is 15.8. The Kier molecular flexibility index (Phi) is 5.16. The molecule has 2 heterocycles. The smallest absolute Gasteiger partial charge is 0.408 e. The first-order chi connectivity index (χ1) is 13.6. The molecule has 1 aromatic heterocycles. The number of para-hydroxylation sites is 2. The monoisotopic (exact) mass is 381 g/mol. The van der Waals surface area contributed by atoms with Crippen molar-refractivity contribution in [1.82, 2.24) is 9.47 Å². The van der Waals surface area contributed by atoms with E-state index in [2.05, 4.69) is 17.0 Å². The van der Waals surface area contributed by atoms with Crippen molar-refractivity contribution >= 4 is 22.7 Å². The third-order valence-corrected chi connectivity index (χ3v) is 5.03. The number of nitrogens with zero attached hydrogens (tertiary/aromatic N) is 3. The van der Waals surface area contributed by atoms with Crippen LogP contribution in [0.4, 0.5) is 5.69 Å². The van der Waals surface area contributed by atoms with Crippen LogP contribution < -0.4 is 10.7 Å². The number of carbonyl (C=O) groups excluding carboxylic acids is 1. The molecule has 0 bridgehead atoms. The second kappa shape index (κ2) is 7.90. The number of likely N-dealkylation sites (N-methyl/N-ethyl adjacent to an activating group) is 1. The van der Waals surface area contributed by atoms with Gasteiger partial charge in [0.2, 0.25) is 5.91 Å². The van der Waals surface area contributed by atoms with Crippen molar-refractivity contribution in [1.29, 1.82) is 0 Å².